The third kappa shape index (κ3) is 3.72. The number of rotatable bonds is 4. The van der Waals surface area contributed by atoms with Crippen LogP contribution >= 0.6 is 0 Å². The summed E-state index contributed by atoms with van der Waals surface area (Å²) in [6, 6.07) is 14.6. The molecule has 1 saturated heterocycles. The van der Waals surface area contributed by atoms with E-state index in [1.54, 1.807) is 6.08 Å². The monoisotopic (exact) mass is 354 g/mol. The van der Waals surface area contributed by atoms with Crippen LogP contribution < -0.4 is 0 Å². The second kappa shape index (κ2) is 6.51. The highest BCUT2D eigenvalue weighted by molar-refractivity contribution is 6.53. The molecule has 3 rings (SSSR count). The van der Waals surface area contributed by atoms with E-state index in [0.29, 0.717) is 0 Å². The van der Waals surface area contributed by atoms with Gasteiger partial charge in [0.1, 0.15) is 5.73 Å². The van der Waals surface area contributed by atoms with Gasteiger partial charge in [0.2, 0.25) is 0 Å². The molecule has 4 heteroatoms. The van der Waals surface area contributed by atoms with Crippen LogP contribution in [0.3, 0.4) is 0 Å². The molecule has 0 atom stereocenters. The van der Waals surface area contributed by atoms with Crippen LogP contribution in [0.25, 0.3) is 10.8 Å². The first-order valence-corrected chi connectivity index (χ1v) is 9.21. The summed E-state index contributed by atoms with van der Waals surface area (Å²) in [5.74, 6) is 0. The van der Waals surface area contributed by atoms with Gasteiger partial charge in [-0.2, -0.15) is 0 Å². The molecule has 26 heavy (non-hydrogen) atoms. The Morgan fingerprint density at radius 3 is 2.23 bits per heavy atom. The molecule has 0 N–H and O–H groups in total. The highest BCUT2D eigenvalue weighted by Gasteiger charge is 2.53. The third-order valence-electron chi connectivity index (χ3n) is 5.53. The van der Waals surface area contributed by atoms with Crippen molar-refractivity contribution < 1.29 is 13.7 Å². The van der Waals surface area contributed by atoms with Crippen molar-refractivity contribution in [1.29, 1.82) is 0 Å². The summed E-state index contributed by atoms with van der Waals surface area (Å²) in [7, 11) is -0.938. The van der Waals surface area contributed by atoms with Crippen LogP contribution in [0.15, 0.2) is 54.3 Å². The lowest BCUT2D eigenvalue weighted by Gasteiger charge is -2.32. The average molecular weight is 354 g/mol. The molecule has 0 saturated carbocycles. The van der Waals surface area contributed by atoms with Gasteiger partial charge in [-0.05, 0) is 55.9 Å². The van der Waals surface area contributed by atoms with Gasteiger partial charge < -0.3 is 9.31 Å². The first-order valence-electron chi connectivity index (χ1n) is 9.21. The highest BCUT2D eigenvalue weighted by Crippen LogP contribution is 2.40. The molecule has 0 bridgehead atoms. The van der Waals surface area contributed by atoms with E-state index in [-0.39, 0.29) is 11.1 Å². The van der Waals surface area contributed by atoms with Crippen LogP contribution in [0.4, 0.5) is 4.39 Å². The Bertz CT molecular complexity index is 818. The quantitative estimate of drug-likeness (QED) is 0.637. The van der Waals surface area contributed by atoms with E-state index in [1.165, 1.54) is 16.3 Å². The molecule has 0 radical (unpaired) electrons. The smallest absolute Gasteiger partial charge is 0.398 e. The first kappa shape index (κ1) is 19.1. The SMILES string of the molecule is CC(C)(C=C(F)B1OC(C)(C)C(C)(C)O1)Cc1cccc2ccccc12. The Morgan fingerprint density at radius 1 is 1.00 bits per heavy atom. The third-order valence-corrected chi connectivity index (χ3v) is 5.53. The topological polar surface area (TPSA) is 18.5 Å². The van der Waals surface area contributed by atoms with E-state index in [1.807, 2.05) is 53.7 Å². The largest absolute Gasteiger partial charge is 0.524 e. The molecule has 1 aliphatic rings. The van der Waals surface area contributed by atoms with Gasteiger partial charge in [-0.15, -0.1) is 0 Å². The van der Waals surface area contributed by atoms with Crippen molar-refractivity contribution in [1.82, 2.24) is 0 Å². The second-order valence-electron chi connectivity index (χ2n) is 8.92. The number of hydrogen-bond acceptors (Lipinski definition) is 2. The maximum absolute atomic E-state index is 14.9. The minimum Gasteiger partial charge on any atom is -0.398 e. The molecule has 1 heterocycles. The molecular weight excluding hydrogens is 326 g/mol. The predicted octanol–water partition coefficient (Wildman–Crippen LogP) is 5.89. The molecule has 0 aromatic heterocycles. The minimum atomic E-state index is -0.938. The van der Waals surface area contributed by atoms with Gasteiger partial charge in [0.25, 0.3) is 0 Å². The zero-order chi connectivity index (χ0) is 19.2. The second-order valence-corrected chi connectivity index (χ2v) is 8.92. The van der Waals surface area contributed by atoms with Crippen molar-refractivity contribution in [2.75, 3.05) is 0 Å². The molecule has 2 aromatic carbocycles. The van der Waals surface area contributed by atoms with Crippen molar-refractivity contribution in [3.05, 3.63) is 59.8 Å². The molecule has 1 aliphatic heterocycles. The standard InChI is InChI=1S/C22H28BFO2/c1-20(2,14-17-12-9-11-16-10-7-8-13-18(16)17)15-19(24)23-25-21(3,4)22(5,6)26-23/h7-13,15H,14H2,1-6H3. The molecule has 2 aromatic rings. The Kier molecular flexibility index (Phi) is 4.79. The van der Waals surface area contributed by atoms with Crippen molar-refractivity contribution in [3.8, 4) is 0 Å². The van der Waals surface area contributed by atoms with E-state index in [0.717, 1.165) is 6.42 Å². The van der Waals surface area contributed by atoms with E-state index in [4.69, 9.17) is 9.31 Å². The van der Waals surface area contributed by atoms with Crippen LogP contribution in [0.1, 0.15) is 47.1 Å². The van der Waals surface area contributed by atoms with Gasteiger partial charge in [-0.25, -0.2) is 4.39 Å². The maximum Gasteiger partial charge on any atom is 0.524 e. The summed E-state index contributed by atoms with van der Waals surface area (Å²) < 4.78 is 26.6. The summed E-state index contributed by atoms with van der Waals surface area (Å²) in [6.45, 7) is 11.8. The Balaban J connectivity index is 1.83. The average Bonchev–Trinajstić information content (AvgIpc) is 2.75. The fraction of sp³-hybridized carbons (Fsp3) is 0.455. The highest BCUT2D eigenvalue weighted by atomic mass is 19.1. The van der Waals surface area contributed by atoms with Gasteiger partial charge in [0.15, 0.2) is 0 Å². The predicted molar refractivity (Wildman–Crippen MR) is 107 cm³/mol. The Hall–Kier alpha value is -1.65. The fourth-order valence-corrected chi connectivity index (χ4v) is 3.39. The maximum atomic E-state index is 14.9. The van der Waals surface area contributed by atoms with Crippen LogP contribution in [0.2, 0.25) is 0 Å². The van der Waals surface area contributed by atoms with Gasteiger partial charge in [0, 0.05) is 0 Å². The lowest BCUT2D eigenvalue weighted by molar-refractivity contribution is 0.00578. The summed E-state index contributed by atoms with van der Waals surface area (Å²) in [5, 5.41) is 2.42. The molecule has 0 amide bonds. The number of hydrogen-bond donors (Lipinski definition) is 0. The summed E-state index contributed by atoms with van der Waals surface area (Å²) in [5.41, 5.74) is -0.580. The normalized spacial score (nSPS) is 20.0. The van der Waals surface area contributed by atoms with Crippen molar-refractivity contribution in [3.63, 3.8) is 0 Å². The number of halogens is 1. The summed E-state index contributed by atoms with van der Waals surface area (Å²) in [4.78, 5) is 0. The van der Waals surface area contributed by atoms with Gasteiger partial charge >= 0.3 is 7.12 Å². The van der Waals surface area contributed by atoms with Crippen molar-refractivity contribution in [2.24, 2.45) is 5.41 Å². The van der Waals surface area contributed by atoms with Crippen LogP contribution in [0, 0.1) is 5.41 Å². The number of benzene rings is 2. The lowest BCUT2D eigenvalue weighted by Crippen LogP contribution is -2.41. The molecule has 2 nitrogen and oxygen atoms in total. The number of fused-ring (bicyclic) bond motifs is 1. The van der Waals surface area contributed by atoms with Gasteiger partial charge in [-0.3, -0.25) is 0 Å². The lowest BCUT2D eigenvalue weighted by atomic mass is 9.78. The summed E-state index contributed by atoms with van der Waals surface area (Å²) in [6.07, 6.45) is 2.39. The Morgan fingerprint density at radius 2 is 1.58 bits per heavy atom. The Labute approximate surface area is 156 Å². The van der Waals surface area contributed by atoms with Gasteiger partial charge in [-0.1, -0.05) is 62.4 Å². The van der Waals surface area contributed by atoms with Crippen LogP contribution in [0.5, 0.6) is 0 Å². The van der Waals surface area contributed by atoms with E-state index >= 15 is 0 Å². The van der Waals surface area contributed by atoms with E-state index in [2.05, 4.69) is 30.3 Å². The zero-order valence-corrected chi connectivity index (χ0v) is 16.6. The van der Waals surface area contributed by atoms with E-state index in [9.17, 15) is 4.39 Å². The number of allylic oxidation sites excluding steroid dienone is 1. The van der Waals surface area contributed by atoms with Crippen molar-refractivity contribution in [2.45, 2.75) is 59.2 Å². The molecule has 138 valence electrons. The van der Waals surface area contributed by atoms with E-state index < -0.39 is 18.3 Å². The molecule has 0 aliphatic carbocycles. The van der Waals surface area contributed by atoms with Crippen LogP contribution in [-0.4, -0.2) is 18.3 Å². The van der Waals surface area contributed by atoms with Crippen molar-refractivity contribution >= 4 is 17.9 Å². The zero-order valence-electron chi connectivity index (χ0n) is 16.6. The summed E-state index contributed by atoms with van der Waals surface area (Å²) >= 11 is 0. The molecule has 0 spiro atoms. The van der Waals surface area contributed by atoms with Gasteiger partial charge in [0.05, 0.1) is 11.2 Å². The molecule has 1 fully saturated rings. The molecular formula is C22H28BFO2. The fourth-order valence-electron chi connectivity index (χ4n) is 3.39. The minimum absolute atomic E-state index is 0.353. The molecule has 0 unspecified atom stereocenters. The van der Waals surface area contributed by atoms with Crippen LogP contribution in [-0.2, 0) is 15.7 Å². The first-order chi connectivity index (χ1) is 12.0.